The highest BCUT2D eigenvalue weighted by molar-refractivity contribution is 6.10. The molecule has 0 bridgehead atoms. The number of ether oxygens (including phenoxy) is 1. The van der Waals surface area contributed by atoms with E-state index in [9.17, 15) is 14.4 Å². The summed E-state index contributed by atoms with van der Waals surface area (Å²) in [5, 5.41) is 5.55. The fourth-order valence-corrected chi connectivity index (χ4v) is 3.76. The van der Waals surface area contributed by atoms with Gasteiger partial charge in [-0.3, -0.25) is 14.5 Å². The zero-order chi connectivity index (χ0) is 22.4. The number of urea groups is 1. The Bertz CT molecular complexity index is 940. The Kier molecular flexibility index (Phi) is 6.95. The Morgan fingerprint density at radius 1 is 1.06 bits per heavy atom. The first kappa shape index (κ1) is 22.3. The van der Waals surface area contributed by atoms with Crippen LogP contribution < -0.4 is 15.4 Å². The summed E-state index contributed by atoms with van der Waals surface area (Å²) in [6.45, 7) is 3.62. The van der Waals surface area contributed by atoms with Crippen molar-refractivity contribution in [2.45, 2.75) is 45.1 Å². The second kappa shape index (κ2) is 9.64. The fraction of sp³-hybridized carbons (Fsp3) is 0.375. The van der Waals surface area contributed by atoms with Gasteiger partial charge in [-0.15, -0.1) is 0 Å². The molecule has 1 aliphatic rings. The van der Waals surface area contributed by atoms with Crippen LogP contribution in [-0.4, -0.2) is 36.4 Å². The molecule has 4 amide bonds. The van der Waals surface area contributed by atoms with Gasteiger partial charge in [0.1, 0.15) is 17.8 Å². The number of aryl methyl sites for hydroxylation is 1. The molecule has 2 aromatic carbocycles. The molecule has 0 saturated carbocycles. The lowest BCUT2D eigenvalue weighted by Gasteiger charge is -2.26. The molecule has 31 heavy (non-hydrogen) atoms. The molecule has 3 rings (SSSR count). The Morgan fingerprint density at radius 3 is 2.32 bits per heavy atom. The van der Waals surface area contributed by atoms with Crippen LogP contribution in [0.2, 0.25) is 0 Å². The molecule has 1 atom stereocenters. The Morgan fingerprint density at radius 2 is 1.74 bits per heavy atom. The highest BCUT2D eigenvalue weighted by Crippen LogP contribution is 2.33. The van der Waals surface area contributed by atoms with E-state index in [1.54, 1.807) is 31.4 Å². The Hall–Kier alpha value is -3.35. The van der Waals surface area contributed by atoms with Gasteiger partial charge in [-0.1, -0.05) is 44.5 Å². The minimum absolute atomic E-state index is 0.347. The van der Waals surface area contributed by atoms with Crippen molar-refractivity contribution in [3.63, 3.8) is 0 Å². The summed E-state index contributed by atoms with van der Waals surface area (Å²) in [5.41, 5.74) is 1.31. The molecule has 1 aliphatic heterocycles. The number of carbonyl (C=O) groups is 3. The van der Waals surface area contributed by atoms with Gasteiger partial charge in [0.25, 0.3) is 5.91 Å². The molecule has 0 unspecified atom stereocenters. The summed E-state index contributed by atoms with van der Waals surface area (Å²) in [7, 11) is 1.56. The van der Waals surface area contributed by atoms with Crippen molar-refractivity contribution in [2.75, 3.05) is 19.0 Å². The van der Waals surface area contributed by atoms with Crippen LogP contribution in [0.5, 0.6) is 5.75 Å². The average molecular weight is 424 g/mol. The van der Waals surface area contributed by atoms with Gasteiger partial charge in [-0.25, -0.2) is 4.79 Å². The topological polar surface area (TPSA) is 87.7 Å². The van der Waals surface area contributed by atoms with E-state index in [1.165, 1.54) is 5.56 Å². The van der Waals surface area contributed by atoms with Crippen LogP contribution in [0.1, 0.15) is 44.2 Å². The second-order valence-corrected chi connectivity index (χ2v) is 7.66. The zero-order valence-electron chi connectivity index (χ0n) is 18.2. The van der Waals surface area contributed by atoms with Crippen molar-refractivity contribution in [2.24, 2.45) is 0 Å². The Balaban J connectivity index is 1.69. The van der Waals surface area contributed by atoms with Crippen molar-refractivity contribution in [3.05, 3.63) is 59.7 Å². The van der Waals surface area contributed by atoms with Crippen LogP contribution in [0.3, 0.4) is 0 Å². The normalized spacial score (nSPS) is 18.1. The van der Waals surface area contributed by atoms with Crippen LogP contribution in [0, 0.1) is 0 Å². The van der Waals surface area contributed by atoms with E-state index in [2.05, 4.69) is 17.6 Å². The van der Waals surface area contributed by atoms with E-state index in [0.717, 1.165) is 24.2 Å². The van der Waals surface area contributed by atoms with Crippen molar-refractivity contribution in [3.8, 4) is 5.75 Å². The number of amides is 4. The van der Waals surface area contributed by atoms with Crippen molar-refractivity contribution >= 4 is 23.5 Å². The first-order valence-electron chi connectivity index (χ1n) is 10.6. The van der Waals surface area contributed by atoms with Gasteiger partial charge in [0.2, 0.25) is 5.91 Å². The molecule has 1 fully saturated rings. The molecular weight excluding hydrogens is 394 g/mol. The van der Waals surface area contributed by atoms with Gasteiger partial charge in [-0.05, 0) is 54.7 Å². The van der Waals surface area contributed by atoms with Crippen LogP contribution >= 0.6 is 0 Å². The number of carbonyl (C=O) groups excluding carboxylic acids is 3. The quantitative estimate of drug-likeness (QED) is 0.600. The first-order chi connectivity index (χ1) is 14.9. The number of methoxy groups -OCH3 is 1. The smallest absolute Gasteiger partial charge is 0.325 e. The highest BCUT2D eigenvalue weighted by Gasteiger charge is 2.51. The lowest BCUT2D eigenvalue weighted by molar-refractivity contribution is -0.134. The fourth-order valence-electron chi connectivity index (χ4n) is 3.76. The van der Waals surface area contributed by atoms with E-state index in [4.69, 9.17) is 4.74 Å². The van der Waals surface area contributed by atoms with Crippen LogP contribution in [0.4, 0.5) is 10.5 Å². The van der Waals surface area contributed by atoms with Gasteiger partial charge in [-0.2, -0.15) is 0 Å². The van der Waals surface area contributed by atoms with Crippen LogP contribution in [-0.2, 0) is 21.5 Å². The molecule has 2 N–H and O–H groups in total. The summed E-state index contributed by atoms with van der Waals surface area (Å²) in [6, 6.07) is 14.0. The molecule has 2 aromatic rings. The third kappa shape index (κ3) is 4.71. The van der Waals surface area contributed by atoms with E-state index in [0.29, 0.717) is 23.4 Å². The van der Waals surface area contributed by atoms with Crippen LogP contribution in [0.25, 0.3) is 0 Å². The number of hydrogen-bond donors (Lipinski definition) is 2. The molecule has 7 heteroatoms. The molecule has 1 heterocycles. The van der Waals surface area contributed by atoms with E-state index in [-0.39, 0.29) is 6.54 Å². The summed E-state index contributed by atoms with van der Waals surface area (Å²) >= 11 is 0. The number of nitrogens with zero attached hydrogens (tertiary/aromatic N) is 1. The predicted molar refractivity (Wildman–Crippen MR) is 119 cm³/mol. The molecule has 0 radical (unpaired) electrons. The first-order valence-corrected chi connectivity index (χ1v) is 10.6. The Labute approximate surface area is 182 Å². The minimum atomic E-state index is -1.19. The van der Waals surface area contributed by atoms with Gasteiger partial charge in [0.15, 0.2) is 0 Å². The summed E-state index contributed by atoms with van der Waals surface area (Å²) in [5.74, 6) is -0.203. The largest absolute Gasteiger partial charge is 0.497 e. The number of hydrogen-bond acceptors (Lipinski definition) is 4. The highest BCUT2D eigenvalue weighted by atomic mass is 16.5. The lowest BCUT2D eigenvalue weighted by atomic mass is 9.87. The van der Waals surface area contributed by atoms with Crippen LogP contribution in [0.15, 0.2) is 48.5 Å². The molecule has 0 spiro atoms. The second-order valence-electron chi connectivity index (χ2n) is 7.66. The van der Waals surface area contributed by atoms with Gasteiger partial charge in [0.05, 0.1) is 7.11 Å². The van der Waals surface area contributed by atoms with E-state index in [1.807, 2.05) is 31.2 Å². The van der Waals surface area contributed by atoms with E-state index >= 15 is 0 Å². The monoisotopic (exact) mass is 423 g/mol. The molecular formula is C24H29N3O4. The molecule has 7 nitrogen and oxygen atoms in total. The lowest BCUT2D eigenvalue weighted by Crippen LogP contribution is -2.44. The molecule has 0 aromatic heterocycles. The van der Waals surface area contributed by atoms with Gasteiger partial charge in [0, 0.05) is 5.69 Å². The number of benzene rings is 2. The third-order valence-electron chi connectivity index (χ3n) is 5.65. The summed E-state index contributed by atoms with van der Waals surface area (Å²) in [6.07, 6.45) is 3.60. The molecule has 164 valence electrons. The third-order valence-corrected chi connectivity index (χ3v) is 5.65. The van der Waals surface area contributed by atoms with Gasteiger partial charge < -0.3 is 15.4 Å². The summed E-state index contributed by atoms with van der Waals surface area (Å²) < 4.78 is 5.17. The standard InChI is InChI=1S/C24H29N3O4/c1-4-6-7-17-8-12-19(13-9-17)25-21(28)16-27-22(29)24(5-2,26-23(27)30)18-10-14-20(31-3)15-11-18/h8-15H,4-7,16H2,1-3H3,(H,25,28)(H,26,30)/t24-/m0/s1. The average Bonchev–Trinajstić information content (AvgIpc) is 3.03. The van der Waals surface area contributed by atoms with Crippen molar-refractivity contribution in [1.29, 1.82) is 0 Å². The van der Waals surface area contributed by atoms with Crippen molar-refractivity contribution < 1.29 is 19.1 Å². The maximum atomic E-state index is 13.2. The van der Waals surface area contributed by atoms with Gasteiger partial charge >= 0.3 is 6.03 Å². The maximum Gasteiger partial charge on any atom is 0.325 e. The number of rotatable bonds is 9. The number of nitrogens with one attached hydrogen (secondary N) is 2. The van der Waals surface area contributed by atoms with Crippen molar-refractivity contribution in [1.82, 2.24) is 10.2 Å². The zero-order valence-corrected chi connectivity index (χ0v) is 18.2. The number of imide groups is 1. The predicted octanol–water partition coefficient (Wildman–Crippen LogP) is 3.83. The maximum absolute atomic E-state index is 13.2. The number of unbranched alkanes of at least 4 members (excludes halogenated alkanes) is 1. The number of anilines is 1. The molecule has 1 saturated heterocycles. The summed E-state index contributed by atoms with van der Waals surface area (Å²) in [4.78, 5) is 39.3. The SMILES string of the molecule is CCCCc1ccc(NC(=O)CN2C(=O)N[C@@](CC)(c3ccc(OC)cc3)C2=O)cc1. The minimum Gasteiger partial charge on any atom is -0.497 e. The van der Waals surface area contributed by atoms with E-state index < -0.39 is 23.4 Å². The molecule has 0 aliphatic carbocycles.